The van der Waals surface area contributed by atoms with E-state index in [0.29, 0.717) is 27.5 Å². The third kappa shape index (κ3) is 4.06. The number of rotatable bonds is 5. The van der Waals surface area contributed by atoms with Crippen LogP contribution in [0.15, 0.2) is 34.2 Å². The SMILES string of the molecule is COC(=O)c1ccc(-c2c(C(=O)OC)c(C)nc3nc(SC(C)C)[nH]c(=O)c23)cc1. The number of aromatic amines is 1. The molecule has 0 radical (unpaired) electrons. The summed E-state index contributed by atoms with van der Waals surface area (Å²) in [6, 6.07) is 6.41. The Hall–Kier alpha value is -3.20. The number of aryl methyl sites for hydroxylation is 1. The summed E-state index contributed by atoms with van der Waals surface area (Å²) in [4.78, 5) is 48.9. The first-order valence-corrected chi connectivity index (χ1v) is 10.0. The van der Waals surface area contributed by atoms with Crippen LogP contribution in [-0.2, 0) is 9.47 Å². The van der Waals surface area contributed by atoms with Gasteiger partial charge in [-0.05, 0) is 24.6 Å². The van der Waals surface area contributed by atoms with E-state index in [1.165, 1.54) is 26.0 Å². The van der Waals surface area contributed by atoms with E-state index >= 15 is 0 Å². The van der Waals surface area contributed by atoms with Gasteiger partial charge in [-0.2, -0.15) is 0 Å². The molecule has 0 bridgehead atoms. The Morgan fingerprint density at radius 1 is 1.03 bits per heavy atom. The van der Waals surface area contributed by atoms with Gasteiger partial charge in [-0.1, -0.05) is 37.7 Å². The molecule has 0 amide bonds. The third-order valence-electron chi connectivity index (χ3n) is 4.35. The molecule has 1 N–H and O–H groups in total. The minimum Gasteiger partial charge on any atom is -0.465 e. The molecule has 0 saturated carbocycles. The predicted molar refractivity (Wildman–Crippen MR) is 114 cm³/mol. The number of benzene rings is 1. The standard InChI is InChI=1S/C21H21N3O5S/c1-10(2)30-21-23-17-16(18(25)24-21)15(14(11(3)22-17)20(27)29-5)12-6-8-13(9-7-12)19(26)28-4/h6-10H,1-5H3,(H,22,23,24,25). The van der Waals surface area contributed by atoms with Crippen molar-refractivity contribution in [3.05, 3.63) is 51.4 Å². The number of H-pyrrole nitrogens is 1. The lowest BCUT2D eigenvalue weighted by Crippen LogP contribution is -2.16. The summed E-state index contributed by atoms with van der Waals surface area (Å²) < 4.78 is 9.66. The molecule has 30 heavy (non-hydrogen) atoms. The van der Waals surface area contributed by atoms with E-state index in [1.54, 1.807) is 31.2 Å². The molecule has 0 atom stereocenters. The number of nitrogens with zero attached hydrogens (tertiary/aromatic N) is 2. The van der Waals surface area contributed by atoms with E-state index in [9.17, 15) is 14.4 Å². The minimum atomic E-state index is -0.617. The number of hydrogen-bond acceptors (Lipinski definition) is 8. The maximum absolute atomic E-state index is 13.0. The first-order chi connectivity index (χ1) is 14.3. The number of esters is 2. The second-order valence-corrected chi connectivity index (χ2v) is 8.31. The lowest BCUT2D eigenvalue weighted by atomic mass is 9.95. The topological polar surface area (TPSA) is 111 Å². The number of nitrogens with one attached hydrogen (secondary N) is 1. The van der Waals surface area contributed by atoms with Gasteiger partial charge in [0, 0.05) is 10.8 Å². The normalized spacial score (nSPS) is 11.0. The van der Waals surface area contributed by atoms with E-state index in [1.807, 2.05) is 13.8 Å². The van der Waals surface area contributed by atoms with Gasteiger partial charge in [-0.3, -0.25) is 4.79 Å². The molecule has 2 heterocycles. The average Bonchev–Trinajstić information content (AvgIpc) is 2.71. The molecular formula is C21H21N3O5S. The average molecular weight is 427 g/mol. The summed E-state index contributed by atoms with van der Waals surface area (Å²) in [5.74, 6) is -1.10. The van der Waals surface area contributed by atoms with Gasteiger partial charge in [-0.25, -0.2) is 19.6 Å². The van der Waals surface area contributed by atoms with Gasteiger partial charge < -0.3 is 14.5 Å². The van der Waals surface area contributed by atoms with Crippen LogP contribution in [0.5, 0.6) is 0 Å². The molecule has 3 aromatic rings. The van der Waals surface area contributed by atoms with Crippen molar-refractivity contribution in [3.8, 4) is 11.1 Å². The van der Waals surface area contributed by atoms with Gasteiger partial charge in [0.25, 0.3) is 5.56 Å². The van der Waals surface area contributed by atoms with Crippen LogP contribution < -0.4 is 5.56 Å². The highest BCUT2D eigenvalue weighted by Crippen LogP contribution is 2.32. The minimum absolute atomic E-state index is 0.174. The van der Waals surface area contributed by atoms with E-state index in [2.05, 4.69) is 15.0 Å². The molecule has 156 valence electrons. The van der Waals surface area contributed by atoms with Gasteiger partial charge >= 0.3 is 11.9 Å². The highest BCUT2D eigenvalue weighted by Gasteiger charge is 2.24. The molecule has 8 nitrogen and oxygen atoms in total. The van der Waals surface area contributed by atoms with Crippen LogP contribution in [0.2, 0.25) is 0 Å². The summed E-state index contributed by atoms with van der Waals surface area (Å²) in [5.41, 5.74) is 1.64. The number of ether oxygens (including phenoxy) is 2. The fourth-order valence-electron chi connectivity index (χ4n) is 3.08. The summed E-state index contributed by atoms with van der Waals surface area (Å²) in [5, 5.41) is 0.846. The summed E-state index contributed by atoms with van der Waals surface area (Å²) in [6.07, 6.45) is 0. The molecule has 3 rings (SSSR count). The molecule has 0 aliphatic heterocycles. The fourth-order valence-corrected chi connectivity index (χ4v) is 3.82. The first-order valence-electron chi connectivity index (χ1n) is 9.15. The zero-order chi connectivity index (χ0) is 22.0. The number of aromatic nitrogens is 3. The number of hydrogen-bond donors (Lipinski definition) is 1. The van der Waals surface area contributed by atoms with E-state index in [0.717, 1.165) is 0 Å². The van der Waals surface area contributed by atoms with Crippen molar-refractivity contribution in [3.63, 3.8) is 0 Å². The van der Waals surface area contributed by atoms with Crippen LogP contribution in [-0.4, -0.2) is 46.4 Å². The number of pyridine rings is 1. The lowest BCUT2D eigenvalue weighted by Gasteiger charge is -2.14. The number of methoxy groups -OCH3 is 2. The molecule has 2 aromatic heterocycles. The van der Waals surface area contributed by atoms with Crippen molar-refractivity contribution in [2.75, 3.05) is 14.2 Å². The van der Waals surface area contributed by atoms with Gasteiger partial charge in [0.2, 0.25) is 0 Å². The van der Waals surface area contributed by atoms with Gasteiger partial charge in [0.05, 0.1) is 36.4 Å². The van der Waals surface area contributed by atoms with E-state index < -0.39 is 17.5 Å². The second-order valence-electron chi connectivity index (χ2n) is 6.74. The highest BCUT2D eigenvalue weighted by atomic mass is 32.2. The smallest absolute Gasteiger partial charge is 0.340 e. The zero-order valence-electron chi connectivity index (χ0n) is 17.2. The Kier molecular flexibility index (Phi) is 6.21. The van der Waals surface area contributed by atoms with Crippen molar-refractivity contribution in [2.45, 2.75) is 31.2 Å². The molecule has 0 unspecified atom stereocenters. The number of carbonyl (C=O) groups is 2. The molecule has 0 aliphatic rings. The quantitative estimate of drug-likeness (QED) is 0.375. The Bertz CT molecular complexity index is 1190. The maximum atomic E-state index is 13.0. The van der Waals surface area contributed by atoms with Crippen LogP contribution in [0.4, 0.5) is 0 Å². The monoisotopic (exact) mass is 427 g/mol. The predicted octanol–water partition coefficient (Wildman–Crippen LogP) is 3.37. The molecule has 9 heteroatoms. The zero-order valence-corrected chi connectivity index (χ0v) is 18.0. The Morgan fingerprint density at radius 2 is 1.67 bits per heavy atom. The van der Waals surface area contributed by atoms with E-state index in [-0.39, 0.29) is 21.8 Å². The molecule has 0 fully saturated rings. The third-order valence-corrected chi connectivity index (χ3v) is 5.23. The lowest BCUT2D eigenvalue weighted by molar-refractivity contribution is 0.0591. The number of carbonyl (C=O) groups excluding carboxylic acids is 2. The summed E-state index contributed by atoms with van der Waals surface area (Å²) >= 11 is 1.41. The van der Waals surface area contributed by atoms with Crippen LogP contribution in [0.3, 0.4) is 0 Å². The van der Waals surface area contributed by atoms with Crippen molar-refractivity contribution >= 4 is 34.7 Å². The Balaban J connectivity index is 2.35. The van der Waals surface area contributed by atoms with Crippen molar-refractivity contribution in [1.29, 1.82) is 0 Å². The van der Waals surface area contributed by atoms with Crippen molar-refractivity contribution in [1.82, 2.24) is 15.0 Å². The van der Waals surface area contributed by atoms with Gasteiger partial charge in [-0.15, -0.1) is 0 Å². The molecule has 1 aromatic carbocycles. The van der Waals surface area contributed by atoms with Crippen LogP contribution >= 0.6 is 11.8 Å². The largest absolute Gasteiger partial charge is 0.465 e. The van der Waals surface area contributed by atoms with Crippen molar-refractivity contribution in [2.24, 2.45) is 0 Å². The Labute approximate surface area is 177 Å². The fraction of sp³-hybridized carbons (Fsp3) is 0.286. The molecule has 0 saturated heterocycles. The number of fused-ring (bicyclic) bond motifs is 1. The Morgan fingerprint density at radius 3 is 2.23 bits per heavy atom. The summed E-state index contributed by atoms with van der Waals surface area (Å²) in [6.45, 7) is 5.64. The van der Waals surface area contributed by atoms with Crippen LogP contribution in [0.25, 0.3) is 22.2 Å². The second kappa shape index (κ2) is 8.66. The maximum Gasteiger partial charge on any atom is 0.340 e. The van der Waals surface area contributed by atoms with Crippen LogP contribution in [0.1, 0.15) is 40.3 Å². The van der Waals surface area contributed by atoms with Gasteiger partial charge in [0.15, 0.2) is 10.8 Å². The highest BCUT2D eigenvalue weighted by molar-refractivity contribution is 7.99. The van der Waals surface area contributed by atoms with Crippen molar-refractivity contribution < 1.29 is 19.1 Å². The first kappa shape index (κ1) is 21.5. The van der Waals surface area contributed by atoms with Crippen LogP contribution in [0, 0.1) is 6.92 Å². The molecular weight excluding hydrogens is 406 g/mol. The molecule has 0 aliphatic carbocycles. The molecule has 0 spiro atoms. The van der Waals surface area contributed by atoms with E-state index in [4.69, 9.17) is 9.47 Å². The van der Waals surface area contributed by atoms with Gasteiger partial charge in [0.1, 0.15) is 0 Å². The summed E-state index contributed by atoms with van der Waals surface area (Å²) in [7, 11) is 2.56. The number of thioether (sulfide) groups is 1.